The van der Waals surface area contributed by atoms with Crippen LogP contribution in [-0.4, -0.2) is 36.2 Å². The van der Waals surface area contributed by atoms with Crippen molar-refractivity contribution < 1.29 is 23.1 Å². The third-order valence-corrected chi connectivity index (χ3v) is 6.64. The van der Waals surface area contributed by atoms with Gasteiger partial charge in [0.15, 0.2) is 0 Å². The molecule has 3 N–H and O–H groups in total. The number of carboxylic acid groups (broad SMARTS) is 1. The van der Waals surface area contributed by atoms with E-state index in [4.69, 9.17) is 0 Å². The van der Waals surface area contributed by atoms with Crippen LogP contribution in [0.15, 0.2) is 72.8 Å². The molecular weight excluding hydrogens is 490 g/mol. The smallest absolute Gasteiger partial charge is 0.307 e. The van der Waals surface area contributed by atoms with Crippen molar-refractivity contribution in [3.05, 3.63) is 95.2 Å². The number of aliphatic carboxylic acids is 1. The molecule has 0 radical (unpaired) electrons. The molecule has 0 aliphatic carbocycles. The molecule has 0 fully saturated rings. The Labute approximate surface area is 216 Å². The molecule has 0 atom stereocenters. The van der Waals surface area contributed by atoms with Crippen LogP contribution in [0.4, 0.5) is 11.4 Å². The van der Waals surface area contributed by atoms with E-state index in [-0.39, 0.29) is 12.1 Å². The Balaban J connectivity index is 1.78. The van der Waals surface area contributed by atoms with E-state index in [0.717, 1.165) is 17.3 Å². The summed E-state index contributed by atoms with van der Waals surface area (Å²) >= 11 is 0. The van der Waals surface area contributed by atoms with Gasteiger partial charge in [0.25, 0.3) is 5.91 Å². The predicted molar refractivity (Wildman–Crippen MR) is 146 cm³/mol. The number of aromatic nitrogens is 1. The number of benzene rings is 3. The summed E-state index contributed by atoms with van der Waals surface area (Å²) in [5, 5.41) is 13.2. The molecule has 0 aliphatic heterocycles. The van der Waals surface area contributed by atoms with Crippen LogP contribution >= 0.6 is 0 Å². The molecular formula is C28H29N3O5S. The summed E-state index contributed by atoms with van der Waals surface area (Å²) in [6.07, 6.45) is 0.723. The van der Waals surface area contributed by atoms with Gasteiger partial charge in [-0.1, -0.05) is 62.4 Å². The molecule has 0 saturated carbocycles. The van der Waals surface area contributed by atoms with Crippen molar-refractivity contribution >= 4 is 44.2 Å². The molecule has 1 amide bonds. The second-order valence-corrected chi connectivity index (χ2v) is 11.1. The summed E-state index contributed by atoms with van der Waals surface area (Å²) in [5.41, 5.74) is 4.27. The number of para-hydroxylation sites is 1. The summed E-state index contributed by atoms with van der Waals surface area (Å²) in [6.45, 7) is 4.61. The van der Waals surface area contributed by atoms with Crippen LogP contribution in [-0.2, 0) is 27.8 Å². The molecule has 0 aliphatic rings. The lowest BCUT2D eigenvalue weighted by molar-refractivity contribution is -0.136. The number of nitrogens with one attached hydrogen (secondary N) is 2. The van der Waals surface area contributed by atoms with E-state index in [1.807, 2.05) is 41.0 Å². The first kappa shape index (κ1) is 26.0. The average molecular weight is 520 g/mol. The van der Waals surface area contributed by atoms with Gasteiger partial charge in [0.2, 0.25) is 10.0 Å². The summed E-state index contributed by atoms with van der Waals surface area (Å²) in [7, 11) is -3.49. The number of hydrogen-bond acceptors (Lipinski definition) is 4. The molecule has 1 aromatic heterocycles. The van der Waals surface area contributed by atoms with E-state index in [9.17, 15) is 23.1 Å². The monoisotopic (exact) mass is 519 g/mol. The normalized spacial score (nSPS) is 11.6. The number of fused-ring (bicyclic) bond motifs is 1. The molecule has 9 heteroatoms. The number of carbonyl (C=O) groups is 2. The number of carbonyl (C=O) groups excluding carboxylic acids is 1. The maximum atomic E-state index is 13.7. The van der Waals surface area contributed by atoms with Crippen molar-refractivity contribution in [3.8, 4) is 0 Å². The van der Waals surface area contributed by atoms with Crippen LogP contribution in [0.2, 0.25) is 0 Å². The molecule has 3 aromatic carbocycles. The highest BCUT2D eigenvalue weighted by Gasteiger charge is 2.24. The van der Waals surface area contributed by atoms with Crippen molar-refractivity contribution in [1.82, 2.24) is 4.57 Å². The van der Waals surface area contributed by atoms with Crippen molar-refractivity contribution in [1.29, 1.82) is 0 Å². The lowest BCUT2D eigenvalue weighted by Gasteiger charge is -2.14. The van der Waals surface area contributed by atoms with Crippen LogP contribution in [0.3, 0.4) is 0 Å². The van der Waals surface area contributed by atoms with Gasteiger partial charge in [0.1, 0.15) is 5.69 Å². The molecule has 37 heavy (non-hydrogen) atoms. The van der Waals surface area contributed by atoms with E-state index in [0.29, 0.717) is 34.8 Å². The maximum Gasteiger partial charge on any atom is 0.307 e. The Morgan fingerprint density at radius 2 is 1.62 bits per heavy atom. The molecule has 192 valence electrons. The quantitative estimate of drug-likeness (QED) is 0.286. The second kappa shape index (κ2) is 10.5. The lowest BCUT2D eigenvalue weighted by Crippen LogP contribution is -2.20. The van der Waals surface area contributed by atoms with Crippen molar-refractivity contribution in [2.45, 2.75) is 32.7 Å². The Kier molecular flexibility index (Phi) is 7.35. The Morgan fingerprint density at radius 3 is 2.27 bits per heavy atom. The van der Waals surface area contributed by atoms with E-state index < -0.39 is 21.9 Å². The minimum Gasteiger partial charge on any atom is -0.481 e. The van der Waals surface area contributed by atoms with Crippen LogP contribution in [0.1, 0.15) is 46.9 Å². The fraction of sp³-hybridized carbons (Fsp3) is 0.214. The van der Waals surface area contributed by atoms with E-state index in [1.54, 1.807) is 18.2 Å². The third-order valence-electron chi connectivity index (χ3n) is 6.03. The zero-order valence-corrected chi connectivity index (χ0v) is 21.7. The summed E-state index contributed by atoms with van der Waals surface area (Å²) < 4.78 is 27.5. The minimum absolute atomic E-state index is 0.248. The lowest BCUT2D eigenvalue weighted by atomic mass is 10.0. The summed E-state index contributed by atoms with van der Waals surface area (Å²) in [5.74, 6) is -1.14. The van der Waals surface area contributed by atoms with Crippen LogP contribution in [0.5, 0.6) is 0 Å². The minimum atomic E-state index is -3.49. The molecule has 4 rings (SSSR count). The topological polar surface area (TPSA) is 118 Å². The first-order valence-corrected chi connectivity index (χ1v) is 13.7. The molecule has 0 unspecified atom stereocenters. The first-order chi connectivity index (χ1) is 17.5. The first-order valence-electron chi connectivity index (χ1n) is 11.8. The summed E-state index contributed by atoms with van der Waals surface area (Å²) in [6, 6.07) is 21.9. The van der Waals surface area contributed by atoms with Gasteiger partial charge in [-0.3, -0.25) is 14.3 Å². The number of nitrogens with zero attached hydrogens (tertiary/aromatic N) is 1. The van der Waals surface area contributed by atoms with Gasteiger partial charge in [-0.15, -0.1) is 0 Å². The largest absolute Gasteiger partial charge is 0.481 e. The Bertz CT molecular complexity index is 1570. The number of rotatable bonds is 9. The number of carboxylic acids is 1. The van der Waals surface area contributed by atoms with E-state index in [2.05, 4.69) is 36.0 Å². The van der Waals surface area contributed by atoms with Crippen molar-refractivity contribution in [2.75, 3.05) is 16.3 Å². The van der Waals surface area contributed by atoms with E-state index in [1.165, 1.54) is 11.6 Å². The number of hydrogen-bond donors (Lipinski definition) is 3. The van der Waals surface area contributed by atoms with Crippen LogP contribution < -0.4 is 10.0 Å². The molecule has 0 bridgehead atoms. The van der Waals surface area contributed by atoms with Gasteiger partial charge in [-0.2, -0.15) is 0 Å². The van der Waals surface area contributed by atoms with Gasteiger partial charge in [0.05, 0.1) is 18.4 Å². The Morgan fingerprint density at radius 1 is 0.946 bits per heavy atom. The highest BCUT2D eigenvalue weighted by molar-refractivity contribution is 7.92. The van der Waals surface area contributed by atoms with Crippen LogP contribution in [0, 0.1) is 0 Å². The molecule has 0 saturated heterocycles. The predicted octanol–water partition coefficient (Wildman–Crippen LogP) is 5.06. The van der Waals surface area contributed by atoms with E-state index >= 15 is 0 Å². The molecule has 8 nitrogen and oxygen atoms in total. The number of amides is 1. The van der Waals surface area contributed by atoms with Gasteiger partial charge in [0, 0.05) is 28.7 Å². The zero-order valence-electron chi connectivity index (χ0n) is 20.9. The van der Waals surface area contributed by atoms with Gasteiger partial charge >= 0.3 is 5.97 Å². The Hall–Kier alpha value is -4.11. The number of sulfonamides is 1. The molecule has 1 heterocycles. The fourth-order valence-corrected chi connectivity index (χ4v) is 4.94. The van der Waals surface area contributed by atoms with Crippen LogP contribution in [0.25, 0.3) is 10.9 Å². The fourth-order valence-electron chi connectivity index (χ4n) is 4.38. The SMILES string of the molecule is CC(C)c1ccc(Cn2c(C(=O)Nc3cccc(NS(C)(=O)=O)c3)c(CC(=O)O)c3ccccc32)cc1. The van der Waals surface area contributed by atoms with Gasteiger partial charge < -0.3 is 15.0 Å². The highest BCUT2D eigenvalue weighted by Crippen LogP contribution is 2.29. The number of anilines is 2. The zero-order chi connectivity index (χ0) is 26.7. The molecule has 4 aromatic rings. The maximum absolute atomic E-state index is 13.7. The second-order valence-electron chi connectivity index (χ2n) is 9.31. The highest BCUT2D eigenvalue weighted by atomic mass is 32.2. The molecule has 0 spiro atoms. The van der Waals surface area contributed by atoms with Crippen molar-refractivity contribution in [2.24, 2.45) is 0 Å². The summed E-state index contributed by atoms with van der Waals surface area (Å²) in [4.78, 5) is 25.5. The van der Waals surface area contributed by atoms with Crippen molar-refractivity contribution in [3.63, 3.8) is 0 Å². The average Bonchev–Trinajstić information content (AvgIpc) is 3.11. The third kappa shape index (κ3) is 6.18. The van der Waals surface area contributed by atoms with Gasteiger partial charge in [-0.05, 0) is 41.3 Å². The standard InChI is InChI=1S/C28H29N3O5S/c1-18(2)20-13-11-19(12-14-20)17-31-25-10-5-4-9-23(25)24(16-26(32)33)27(31)28(34)29-21-7-6-8-22(15-21)30-37(3,35)36/h4-15,18,30H,16-17H2,1-3H3,(H,29,34)(H,32,33). The van der Waals surface area contributed by atoms with Gasteiger partial charge in [-0.25, -0.2) is 8.42 Å².